The zero-order valence-corrected chi connectivity index (χ0v) is 11.8. The first-order chi connectivity index (χ1) is 9.74. The van der Waals surface area contributed by atoms with Crippen molar-refractivity contribution in [2.24, 2.45) is 0 Å². The van der Waals surface area contributed by atoms with E-state index in [1.54, 1.807) is 0 Å². The van der Waals surface area contributed by atoms with Crippen LogP contribution in [0.3, 0.4) is 0 Å². The number of aryl methyl sites for hydroxylation is 1. The first-order valence-corrected chi connectivity index (χ1v) is 7.58. The number of carbonyl (C=O) groups is 1. The average Bonchev–Trinajstić information content (AvgIpc) is 2.98. The summed E-state index contributed by atoms with van der Waals surface area (Å²) in [6.45, 7) is 2.87. The van der Waals surface area contributed by atoms with Crippen LogP contribution in [0.2, 0.25) is 0 Å². The number of nitrogens with zero attached hydrogens (tertiary/aromatic N) is 1. The van der Waals surface area contributed by atoms with Crippen molar-refractivity contribution in [1.82, 2.24) is 5.32 Å². The smallest absolute Gasteiger partial charge is 0.404 e. The van der Waals surface area contributed by atoms with Crippen molar-refractivity contribution >= 4 is 11.8 Å². The number of anilines is 1. The second kappa shape index (κ2) is 5.73. The van der Waals surface area contributed by atoms with Gasteiger partial charge in [0.2, 0.25) is 0 Å². The van der Waals surface area contributed by atoms with Gasteiger partial charge in [0.25, 0.3) is 0 Å². The van der Waals surface area contributed by atoms with Crippen molar-refractivity contribution in [3.8, 4) is 0 Å². The summed E-state index contributed by atoms with van der Waals surface area (Å²) in [5.41, 5.74) is 4.10. The molecule has 1 aromatic rings. The molecule has 0 radical (unpaired) electrons. The van der Waals surface area contributed by atoms with Crippen LogP contribution in [0.15, 0.2) is 18.2 Å². The fourth-order valence-corrected chi connectivity index (χ4v) is 3.50. The summed E-state index contributed by atoms with van der Waals surface area (Å²) in [6.07, 6.45) is 5.02. The summed E-state index contributed by atoms with van der Waals surface area (Å²) in [6, 6.07) is 6.76. The van der Waals surface area contributed by atoms with Crippen LogP contribution in [0.25, 0.3) is 0 Å². The van der Waals surface area contributed by atoms with Gasteiger partial charge in [0.05, 0.1) is 0 Å². The van der Waals surface area contributed by atoms with Crippen LogP contribution in [0.4, 0.5) is 10.5 Å². The van der Waals surface area contributed by atoms with Gasteiger partial charge < -0.3 is 15.3 Å². The monoisotopic (exact) mass is 274 g/mol. The van der Waals surface area contributed by atoms with Crippen LogP contribution in [0, 0.1) is 0 Å². The lowest BCUT2D eigenvalue weighted by Crippen LogP contribution is -2.28. The summed E-state index contributed by atoms with van der Waals surface area (Å²) in [5, 5.41) is 11.3. The van der Waals surface area contributed by atoms with E-state index in [1.807, 2.05) is 0 Å². The molecule has 1 fully saturated rings. The third kappa shape index (κ3) is 2.74. The molecule has 0 spiro atoms. The van der Waals surface area contributed by atoms with Crippen molar-refractivity contribution in [2.45, 2.75) is 38.0 Å². The number of hydrogen-bond donors (Lipinski definition) is 2. The van der Waals surface area contributed by atoms with Gasteiger partial charge in [-0.25, -0.2) is 4.79 Å². The lowest BCUT2D eigenvalue weighted by Gasteiger charge is -2.27. The van der Waals surface area contributed by atoms with E-state index in [4.69, 9.17) is 5.11 Å². The molecule has 1 amide bonds. The number of hydrogen-bond acceptors (Lipinski definition) is 2. The molecule has 1 aliphatic heterocycles. The Bertz CT molecular complexity index is 495. The molecule has 1 atom stereocenters. The second-order valence-electron chi connectivity index (χ2n) is 5.85. The molecule has 0 saturated carbocycles. The van der Waals surface area contributed by atoms with Crippen LogP contribution in [-0.2, 0) is 6.42 Å². The standard InChI is InChI=1S/C16H22N2O2/c19-16(20)17-11-13-5-3-4-12-10-14(6-7-15(12)13)18-8-1-2-9-18/h6-7,10,13,17H,1-5,8-9,11H2,(H,19,20)/t13-/m0/s1. The van der Waals surface area contributed by atoms with E-state index in [9.17, 15) is 4.79 Å². The van der Waals surface area contributed by atoms with Gasteiger partial charge in [-0.15, -0.1) is 0 Å². The summed E-state index contributed by atoms with van der Waals surface area (Å²) in [4.78, 5) is 13.1. The largest absolute Gasteiger partial charge is 0.465 e. The minimum atomic E-state index is -0.925. The summed E-state index contributed by atoms with van der Waals surface area (Å²) >= 11 is 0. The molecule has 0 aromatic heterocycles. The first-order valence-electron chi connectivity index (χ1n) is 7.58. The van der Waals surface area contributed by atoms with Crippen molar-refractivity contribution < 1.29 is 9.90 Å². The first kappa shape index (κ1) is 13.3. The van der Waals surface area contributed by atoms with Crippen molar-refractivity contribution in [2.75, 3.05) is 24.5 Å². The highest BCUT2D eigenvalue weighted by Gasteiger charge is 2.22. The van der Waals surface area contributed by atoms with Crippen molar-refractivity contribution in [1.29, 1.82) is 0 Å². The number of rotatable bonds is 3. The van der Waals surface area contributed by atoms with Crippen molar-refractivity contribution in [3.05, 3.63) is 29.3 Å². The Morgan fingerprint density at radius 2 is 2.10 bits per heavy atom. The molecule has 108 valence electrons. The van der Waals surface area contributed by atoms with E-state index < -0.39 is 6.09 Å². The number of fused-ring (bicyclic) bond motifs is 1. The molecule has 3 rings (SSSR count). The zero-order chi connectivity index (χ0) is 13.9. The molecule has 0 bridgehead atoms. The molecule has 4 heteroatoms. The van der Waals surface area contributed by atoms with Gasteiger partial charge in [0, 0.05) is 31.2 Å². The van der Waals surface area contributed by atoms with Gasteiger partial charge >= 0.3 is 6.09 Å². The van der Waals surface area contributed by atoms with E-state index in [-0.39, 0.29) is 0 Å². The Hall–Kier alpha value is -1.71. The lowest BCUT2D eigenvalue weighted by atomic mass is 9.82. The Balaban J connectivity index is 1.78. The number of benzene rings is 1. The molecule has 1 aromatic carbocycles. The molecule has 2 aliphatic rings. The number of amides is 1. The van der Waals surface area contributed by atoms with Crippen molar-refractivity contribution in [3.63, 3.8) is 0 Å². The summed E-state index contributed by atoms with van der Waals surface area (Å²) in [7, 11) is 0. The quantitative estimate of drug-likeness (QED) is 0.891. The van der Waals surface area contributed by atoms with E-state index >= 15 is 0 Å². The predicted molar refractivity (Wildman–Crippen MR) is 79.6 cm³/mol. The van der Waals surface area contributed by atoms with Crippen LogP contribution in [-0.4, -0.2) is 30.8 Å². The zero-order valence-electron chi connectivity index (χ0n) is 11.8. The van der Waals surface area contributed by atoms with E-state index in [1.165, 1.54) is 42.7 Å². The van der Waals surface area contributed by atoms with E-state index in [0.29, 0.717) is 12.5 Å². The average molecular weight is 274 g/mol. The van der Waals surface area contributed by atoms with Gasteiger partial charge in [-0.1, -0.05) is 6.07 Å². The molecule has 1 saturated heterocycles. The molecule has 1 heterocycles. The normalized spacial score (nSPS) is 21.6. The molecule has 1 aliphatic carbocycles. The number of carboxylic acid groups (broad SMARTS) is 1. The van der Waals surface area contributed by atoms with Crippen LogP contribution >= 0.6 is 0 Å². The summed E-state index contributed by atoms with van der Waals surface area (Å²) < 4.78 is 0. The molecule has 4 nitrogen and oxygen atoms in total. The SMILES string of the molecule is O=C(O)NC[C@@H]1CCCc2cc(N3CCCC3)ccc21. The van der Waals surface area contributed by atoms with Gasteiger partial charge in [0.15, 0.2) is 0 Å². The Labute approximate surface area is 119 Å². The molecular weight excluding hydrogens is 252 g/mol. The third-order valence-electron chi connectivity index (χ3n) is 4.54. The van der Waals surface area contributed by atoms with E-state index in [2.05, 4.69) is 28.4 Å². The van der Waals surface area contributed by atoms with Crippen LogP contribution < -0.4 is 10.2 Å². The fraction of sp³-hybridized carbons (Fsp3) is 0.562. The maximum atomic E-state index is 10.7. The topological polar surface area (TPSA) is 52.6 Å². The fourth-order valence-electron chi connectivity index (χ4n) is 3.50. The maximum Gasteiger partial charge on any atom is 0.404 e. The Kier molecular flexibility index (Phi) is 3.81. The number of nitrogens with one attached hydrogen (secondary N) is 1. The van der Waals surface area contributed by atoms with Gasteiger partial charge in [0.1, 0.15) is 0 Å². The van der Waals surface area contributed by atoms with Crippen LogP contribution in [0.5, 0.6) is 0 Å². The van der Waals surface area contributed by atoms with Gasteiger partial charge in [-0.05, 0) is 55.4 Å². The Morgan fingerprint density at radius 1 is 1.30 bits per heavy atom. The molecule has 0 unspecified atom stereocenters. The highest BCUT2D eigenvalue weighted by atomic mass is 16.4. The molecule has 20 heavy (non-hydrogen) atoms. The Morgan fingerprint density at radius 3 is 2.85 bits per heavy atom. The van der Waals surface area contributed by atoms with Gasteiger partial charge in [-0.3, -0.25) is 0 Å². The highest BCUT2D eigenvalue weighted by molar-refractivity contribution is 5.64. The van der Waals surface area contributed by atoms with E-state index in [0.717, 1.165) is 19.3 Å². The van der Waals surface area contributed by atoms with Gasteiger partial charge in [-0.2, -0.15) is 0 Å². The predicted octanol–water partition coefficient (Wildman–Crippen LogP) is 2.97. The summed E-state index contributed by atoms with van der Waals surface area (Å²) in [5.74, 6) is 0.336. The maximum absolute atomic E-state index is 10.7. The lowest BCUT2D eigenvalue weighted by molar-refractivity contribution is 0.193. The van der Waals surface area contributed by atoms with Crippen LogP contribution in [0.1, 0.15) is 42.7 Å². The molecule has 2 N–H and O–H groups in total. The minimum absolute atomic E-state index is 0.336. The minimum Gasteiger partial charge on any atom is -0.465 e. The third-order valence-corrected chi connectivity index (χ3v) is 4.54. The molecular formula is C16H22N2O2. The highest BCUT2D eigenvalue weighted by Crippen LogP contribution is 2.34. The second-order valence-corrected chi connectivity index (χ2v) is 5.85.